The lowest BCUT2D eigenvalue weighted by Gasteiger charge is -2.43. The highest BCUT2D eigenvalue weighted by Gasteiger charge is 2.49. The van der Waals surface area contributed by atoms with Gasteiger partial charge >= 0.3 is 6.18 Å². The predicted molar refractivity (Wildman–Crippen MR) is 80.4 cm³/mol. The molecule has 5 nitrogen and oxygen atoms in total. The van der Waals surface area contributed by atoms with Gasteiger partial charge in [0.1, 0.15) is 0 Å². The molecule has 24 heavy (non-hydrogen) atoms. The van der Waals surface area contributed by atoms with E-state index in [0.29, 0.717) is 10.9 Å². The summed E-state index contributed by atoms with van der Waals surface area (Å²) < 4.78 is 44.4. The summed E-state index contributed by atoms with van der Waals surface area (Å²) in [5.74, 6) is -0.485. The topological polar surface area (TPSA) is 55.3 Å². The molecule has 1 amide bonds. The smallest absolute Gasteiger partial charge is 0.359 e. The van der Waals surface area contributed by atoms with Crippen LogP contribution in [0.4, 0.5) is 13.2 Å². The lowest BCUT2D eigenvalue weighted by Crippen LogP contribution is -2.58. The van der Waals surface area contributed by atoms with Crippen molar-refractivity contribution in [2.45, 2.75) is 31.7 Å². The fourth-order valence-corrected chi connectivity index (χ4v) is 2.85. The van der Waals surface area contributed by atoms with Gasteiger partial charge in [-0.1, -0.05) is 0 Å². The molecule has 1 saturated heterocycles. The Bertz CT molecular complexity index is 771. The van der Waals surface area contributed by atoms with Crippen LogP contribution in [0.2, 0.25) is 0 Å². The number of fused-ring (bicyclic) bond motifs is 1. The Balaban J connectivity index is 1.96. The Morgan fingerprint density at radius 2 is 2.08 bits per heavy atom. The molecule has 3 rings (SSSR count). The number of ether oxygens (including phenoxy) is 1. The van der Waals surface area contributed by atoms with Gasteiger partial charge in [0.25, 0.3) is 5.91 Å². The van der Waals surface area contributed by atoms with E-state index < -0.39 is 30.3 Å². The first kappa shape index (κ1) is 16.6. The summed E-state index contributed by atoms with van der Waals surface area (Å²) in [6, 6.07) is 3.14. The molecule has 2 aromatic rings. The largest absolute Gasteiger partial charge is 0.416 e. The van der Waals surface area contributed by atoms with Gasteiger partial charge in [-0.25, -0.2) is 0 Å². The molecule has 1 aliphatic rings. The number of carbonyl (C=O) groups is 1. The van der Waals surface area contributed by atoms with Gasteiger partial charge in [0, 0.05) is 30.5 Å². The second kappa shape index (κ2) is 5.70. The number of hydrogen-bond acceptors (Lipinski definition) is 4. The molecule has 2 aromatic heterocycles. The van der Waals surface area contributed by atoms with Crippen LogP contribution in [0.15, 0.2) is 30.7 Å². The van der Waals surface area contributed by atoms with Crippen LogP contribution in [-0.2, 0) is 4.74 Å². The molecular weight excluding hydrogens is 323 g/mol. The second-order valence-corrected chi connectivity index (χ2v) is 6.34. The highest BCUT2D eigenvalue weighted by atomic mass is 19.4. The van der Waals surface area contributed by atoms with Gasteiger partial charge in [0.05, 0.1) is 23.2 Å². The molecule has 0 spiro atoms. The van der Waals surface area contributed by atoms with Crippen LogP contribution >= 0.6 is 0 Å². The molecule has 3 heterocycles. The highest BCUT2D eigenvalue weighted by molar-refractivity contribution is 6.05. The van der Waals surface area contributed by atoms with Crippen molar-refractivity contribution in [3.05, 3.63) is 36.3 Å². The number of alkyl halides is 3. The van der Waals surface area contributed by atoms with Crippen molar-refractivity contribution in [2.75, 3.05) is 13.1 Å². The fourth-order valence-electron chi connectivity index (χ4n) is 2.85. The Morgan fingerprint density at radius 3 is 2.79 bits per heavy atom. The zero-order chi connectivity index (χ0) is 17.5. The van der Waals surface area contributed by atoms with Crippen LogP contribution in [0.25, 0.3) is 10.9 Å². The van der Waals surface area contributed by atoms with Crippen molar-refractivity contribution in [3.8, 4) is 0 Å². The molecule has 1 atom stereocenters. The number of hydrogen-bond donors (Lipinski definition) is 0. The minimum absolute atomic E-state index is 0.0719. The molecule has 1 aliphatic heterocycles. The van der Waals surface area contributed by atoms with E-state index in [-0.39, 0.29) is 12.1 Å². The summed E-state index contributed by atoms with van der Waals surface area (Å²) in [6.07, 6.45) is -2.04. The third-order valence-electron chi connectivity index (χ3n) is 3.84. The Kier molecular flexibility index (Phi) is 3.95. The molecule has 0 bridgehead atoms. The summed E-state index contributed by atoms with van der Waals surface area (Å²) in [5.41, 5.74) is -0.239. The van der Waals surface area contributed by atoms with Crippen LogP contribution in [-0.4, -0.2) is 51.7 Å². The summed E-state index contributed by atoms with van der Waals surface area (Å²) in [7, 11) is 0. The monoisotopic (exact) mass is 339 g/mol. The van der Waals surface area contributed by atoms with Crippen molar-refractivity contribution in [2.24, 2.45) is 0 Å². The lowest BCUT2D eigenvalue weighted by atomic mass is 10.0. The van der Waals surface area contributed by atoms with Gasteiger partial charge < -0.3 is 9.64 Å². The fraction of sp³-hybridized carbons (Fsp3) is 0.438. The first-order valence-corrected chi connectivity index (χ1v) is 7.40. The normalized spacial score (nSPS) is 21.0. The van der Waals surface area contributed by atoms with Gasteiger partial charge in [-0.2, -0.15) is 13.2 Å². The van der Waals surface area contributed by atoms with Crippen molar-refractivity contribution >= 4 is 16.8 Å². The van der Waals surface area contributed by atoms with Crippen LogP contribution in [0, 0.1) is 0 Å². The van der Waals surface area contributed by atoms with Crippen molar-refractivity contribution in [1.29, 1.82) is 0 Å². The van der Waals surface area contributed by atoms with E-state index in [1.165, 1.54) is 37.2 Å². The molecule has 0 aromatic carbocycles. The zero-order valence-corrected chi connectivity index (χ0v) is 13.2. The molecule has 0 aliphatic carbocycles. The SMILES string of the molecule is CC1(C)CN(C(=O)c2ccnc3ccncc23)CC(C(F)(F)F)O1. The maximum Gasteiger partial charge on any atom is 0.416 e. The zero-order valence-electron chi connectivity index (χ0n) is 13.2. The number of aromatic nitrogens is 2. The molecule has 1 unspecified atom stereocenters. The maximum atomic E-state index is 13.1. The van der Waals surface area contributed by atoms with Crippen molar-refractivity contribution in [1.82, 2.24) is 14.9 Å². The Morgan fingerprint density at radius 1 is 1.33 bits per heavy atom. The highest BCUT2D eigenvalue weighted by Crippen LogP contribution is 2.32. The number of pyridine rings is 2. The van der Waals surface area contributed by atoms with E-state index >= 15 is 0 Å². The number of rotatable bonds is 1. The summed E-state index contributed by atoms with van der Waals surface area (Å²) in [4.78, 5) is 22.1. The average molecular weight is 339 g/mol. The molecule has 8 heteroatoms. The van der Waals surface area contributed by atoms with Gasteiger partial charge in [-0.05, 0) is 26.0 Å². The van der Waals surface area contributed by atoms with Crippen LogP contribution in [0.1, 0.15) is 24.2 Å². The van der Waals surface area contributed by atoms with E-state index in [0.717, 1.165) is 0 Å². The van der Waals surface area contributed by atoms with Crippen LogP contribution < -0.4 is 0 Å². The molecule has 0 saturated carbocycles. The minimum Gasteiger partial charge on any atom is -0.359 e. The van der Waals surface area contributed by atoms with Crippen LogP contribution in [0.5, 0.6) is 0 Å². The molecular formula is C16H16F3N3O2. The number of morpholine rings is 1. The van der Waals surface area contributed by atoms with Crippen molar-refractivity contribution in [3.63, 3.8) is 0 Å². The van der Waals surface area contributed by atoms with E-state index in [1.54, 1.807) is 12.3 Å². The van der Waals surface area contributed by atoms with Gasteiger partial charge in [-0.15, -0.1) is 0 Å². The third-order valence-corrected chi connectivity index (χ3v) is 3.84. The Labute approximate surface area is 136 Å². The van der Waals surface area contributed by atoms with Gasteiger partial charge in [-0.3, -0.25) is 14.8 Å². The van der Waals surface area contributed by atoms with E-state index in [9.17, 15) is 18.0 Å². The second-order valence-electron chi connectivity index (χ2n) is 6.34. The number of carbonyl (C=O) groups excluding carboxylic acids is 1. The first-order valence-electron chi connectivity index (χ1n) is 7.40. The standard InChI is InChI=1S/C16H16F3N3O2/c1-15(2)9-22(8-13(24-15)16(17,18)19)14(23)10-3-6-21-12-4-5-20-7-11(10)12/h3-7,13H,8-9H2,1-2H3. The summed E-state index contributed by atoms with van der Waals surface area (Å²) >= 11 is 0. The van der Waals surface area contributed by atoms with Crippen LogP contribution in [0.3, 0.4) is 0 Å². The molecule has 0 N–H and O–H groups in total. The number of nitrogens with zero attached hydrogens (tertiary/aromatic N) is 3. The first-order chi connectivity index (χ1) is 11.2. The average Bonchev–Trinajstić information content (AvgIpc) is 2.51. The minimum atomic E-state index is -4.53. The van der Waals surface area contributed by atoms with Crippen molar-refractivity contribution < 1.29 is 22.7 Å². The summed E-state index contributed by atoms with van der Waals surface area (Å²) in [6.45, 7) is 2.62. The van der Waals surface area contributed by atoms with E-state index in [2.05, 4.69) is 9.97 Å². The molecule has 128 valence electrons. The number of halogens is 3. The number of amides is 1. The maximum absolute atomic E-state index is 13.1. The van der Waals surface area contributed by atoms with Gasteiger partial charge in [0.15, 0.2) is 6.10 Å². The molecule has 1 fully saturated rings. The quantitative estimate of drug-likeness (QED) is 0.802. The molecule has 0 radical (unpaired) electrons. The van der Waals surface area contributed by atoms with E-state index in [4.69, 9.17) is 4.74 Å². The van der Waals surface area contributed by atoms with E-state index in [1.807, 2.05) is 0 Å². The predicted octanol–water partition coefficient (Wildman–Crippen LogP) is 2.81. The third kappa shape index (κ3) is 3.19. The Hall–Kier alpha value is -2.22. The van der Waals surface area contributed by atoms with Gasteiger partial charge in [0.2, 0.25) is 0 Å². The lowest BCUT2D eigenvalue weighted by molar-refractivity contribution is -0.267. The summed E-state index contributed by atoms with van der Waals surface area (Å²) in [5, 5.41) is 0.512.